The van der Waals surface area contributed by atoms with E-state index in [1.807, 2.05) is 0 Å². The maximum atomic E-state index is 12.7. The molecule has 3 saturated heterocycles. The van der Waals surface area contributed by atoms with E-state index >= 15 is 0 Å². The van der Waals surface area contributed by atoms with Crippen molar-refractivity contribution >= 4 is 11.8 Å². The minimum absolute atomic E-state index is 0.250. The van der Waals surface area contributed by atoms with Gasteiger partial charge in [-0.2, -0.15) is 0 Å². The molecule has 4 rings (SSSR count). The zero-order valence-electron chi connectivity index (χ0n) is 16.1. The lowest BCUT2D eigenvalue weighted by Crippen LogP contribution is -2.54. The number of carbonyl (C=O) groups is 2. The van der Waals surface area contributed by atoms with Gasteiger partial charge in [-0.15, -0.1) is 0 Å². The van der Waals surface area contributed by atoms with E-state index in [0.717, 1.165) is 51.6 Å². The number of hydrogen-bond donors (Lipinski definition) is 1. The number of carbonyl (C=O) groups excluding carboxylic acids is 2. The Morgan fingerprint density at radius 3 is 2.08 bits per heavy atom. The second kappa shape index (κ2) is 8.28. The van der Waals surface area contributed by atoms with E-state index in [1.54, 1.807) is 0 Å². The smallest absolute Gasteiger partial charge is 0.236 e. The molecule has 0 aromatic heterocycles. The lowest BCUT2D eigenvalue weighted by Gasteiger charge is -2.40. The molecule has 3 heterocycles. The van der Waals surface area contributed by atoms with Crippen LogP contribution in [0.2, 0.25) is 0 Å². The Morgan fingerprint density at radius 2 is 1.42 bits per heavy atom. The lowest BCUT2D eigenvalue weighted by molar-refractivity contribution is -0.135. The summed E-state index contributed by atoms with van der Waals surface area (Å²) in [7, 11) is 0. The van der Waals surface area contributed by atoms with Gasteiger partial charge in [0.15, 0.2) is 0 Å². The summed E-state index contributed by atoms with van der Waals surface area (Å²) < 4.78 is 0. The van der Waals surface area contributed by atoms with Gasteiger partial charge in [0.1, 0.15) is 0 Å². The maximum Gasteiger partial charge on any atom is 0.236 e. The summed E-state index contributed by atoms with van der Waals surface area (Å²) in [5.41, 5.74) is 0. The van der Waals surface area contributed by atoms with Crippen LogP contribution in [0.5, 0.6) is 0 Å². The van der Waals surface area contributed by atoms with Gasteiger partial charge >= 0.3 is 0 Å². The molecule has 0 aromatic carbocycles. The average molecular weight is 362 g/mol. The third-order valence-corrected chi connectivity index (χ3v) is 7.23. The van der Waals surface area contributed by atoms with Crippen molar-refractivity contribution in [1.82, 2.24) is 15.1 Å². The van der Waals surface area contributed by atoms with Gasteiger partial charge in [0.2, 0.25) is 11.8 Å². The molecule has 0 radical (unpaired) electrons. The summed E-state index contributed by atoms with van der Waals surface area (Å²) in [5.74, 6) is 0.873. The summed E-state index contributed by atoms with van der Waals surface area (Å²) in [4.78, 5) is 29.8. The SMILES string of the molecule is O=C(NC1C[C@H]2CC[C@@H](C1)N2CC(=O)N1CCCCC1)C1CCCCC1. The van der Waals surface area contributed by atoms with E-state index in [0.29, 0.717) is 36.5 Å². The second-order valence-corrected chi connectivity index (χ2v) is 9.01. The van der Waals surface area contributed by atoms with Crippen LogP contribution in [-0.2, 0) is 9.59 Å². The predicted octanol–water partition coefficient (Wildman–Crippen LogP) is 2.69. The first kappa shape index (κ1) is 18.3. The summed E-state index contributed by atoms with van der Waals surface area (Å²) in [6.45, 7) is 2.49. The number of hydrogen-bond acceptors (Lipinski definition) is 3. The molecule has 1 aliphatic carbocycles. The molecule has 1 saturated carbocycles. The Labute approximate surface area is 157 Å². The van der Waals surface area contributed by atoms with Crippen LogP contribution in [-0.4, -0.2) is 59.4 Å². The van der Waals surface area contributed by atoms with Crippen molar-refractivity contribution in [3.63, 3.8) is 0 Å². The summed E-state index contributed by atoms with van der Waals surface area (Å²) in [6.07, 6.45) is 13.9. The zero-order chi connectivity index (χ0) is 17.9. The van der Waals surface area contributed by atoms with Crippen LogP contribution in [0.25, 0.3) is 0 Å². The highest BCUT2D eigenvalue weighted by Crippen LogP contribution is 2.36. The van der Waals surface area contributed by atoms with Gasteiger partial charge in [-0.3, -0.25) is 14.5 Å². The summed E-state index contributed by atoms with van der Waals surface area (Å²) in [6, 6.07) is 1.29. The van der Waals surface area contributed by atoms with Gasteiger partial charge in [0, 0.05) is 37.1 Å². The Kier molecular flexibility index (Phi) is 5.82. The molecule has 4 aliphatic rings. The van der Waals surface area contributed by atoms with Crippen LogP contribution in [0.4, 0.5) is 0 Å². The van der Waals surface area contributed by atoms with Crippen molar-refractivity contribution in [3.8, 4) is 0 Å². The molecular weight excluding hydrogens is 326 g/mol. The van der Waals surface area contributed by atoms with Crippen molar-refractivity contribution in [1.29, 1.82) is 0 Å². The van der Waals surface area contributed by atoms with E-state index in [-0.39, 0.29) is 5.92 Å². The highest BCUT2D eigenvalue weighted by molar-refractivity contribution is 5.79. The normalized spacial score (nSPS) is 33.2. The van der Waals surface area contributed by atoms with Gasteiger partial charge in [-0.05, 0) is 57.8 Å². The van der Waals surface area contributed by atoms with Crippen LogP contribution < -0.4 is 5.32 Å². The number of likely N-dealkylation sites (tertiary alicyclic amines) is 1. The molecule has 1 N–H and O–H groups in total. The van der Waals surface area contributed by atoms with Crippen LogP contribution in [0.15, 0.2) is 0 Å². The Morgan fingerprint density at radius 1 is 0.808 bits per heavy atom. The number of nitrogens with one attached hydrogen (secondary N) is 1. The first-order chi connectivity index (χ1) is 12.7. The Bertz CT molecular complexity index is 497. The number of fused-ring (bicyclic) bond motifs is 2. The van der Waals surface area contributed by atoms with E-state index in [4.69, 9.17) is 0 Å². The van der Waals surface area contributed by atoms with Crippen LogP contribution in [0.1, 0.15) is 77.0 Å². The molecular formula is C21H35N3O2. The fourth-order valence-corrected chi connectivity index (χ4v) is 5.73. The molecule has 2 amide bonds. The highest BCUT2D eigenvalue weighted by atomic mass is 16.2. The quantitative estimate of drug-likeness (QED) is 0.838. The Balaban J connectivity index is 1.28. The fourth-order valence-electron chi connectivity index (χ4n) is 5.73. The number of amides is 2. The lowest BCUT2D eigenvalue weighted by atomic mass is 9.88. The summed E-state index contributed by atoms with van der Waals surface area (Å²) in [5, 5.41) is 3.37. The van der Waals surface area contributed by atoms with Crippen molar-refractivity contribution in [2.45, 2.75) is 95.2 Å². The fraction of sp³-hybridized carbons (Fsp3) is 0.905. The van der Waals surface area contributed by atoms with Gasteiger partial charge < -0.3 is 10.2 Å². The van der Waals surface area contributed by atoms with E-state index in [9.17, 15) is 9.59 Å². The standard InChI is InChI=1S/C21H35N3O2/c25-20(23-11-5-2-6-12-23)15-24-18-9-10-19(24)14-17(13-18)22-21(26)16-7-3-1-4-8-16/h16-19H,1-15H2,(H,22,26)/t17?,18-,19+. The van der Waals surface area contributed by atoms with Gasteiger partial charge in [-0.1, -0.05) is 19.3 Å². The minimum atomic E-state index is 0.250. The molecule has 5 heteroatoms. The molecule has 0 aromatic rings. The number of piperidine rings is 2. The van der Waals surface area contributed by atoms with Crippen LogP contribution >= 0.6 is 0 Å². The summed E-state index contributed by atoms with van der Waals surface area (Å²) >= 11 is 0. The molecule has 4 fully saturated rings. The number of rotatable bonds is 4. The van der Waals surface area contributed by atoms with Crippen LogP contribution in [0.3, 0.4) is 0 Å². The van der Waals surface area contributed by atoms with Gasteiger partial charge in [0.05, 0.1) is 6.54 Å². The molecule has 146 valence electrons. The zero-order valence-corrected chi connectivity index (χ0v) is 16.1. The molecule has 2 bridgehead atoms. The second-order valence-electron chi connectivity index (χ2n) is 9.01. The molecule has 26 heavy (non-hydrogen) atoms. The third-order valence-electron chi connectivity index (χ3n) is 7.23. The Hall–Kier alpha value is -1.10. The van der Waals surface area contributed by atoms with Crippen molar-refractivity contribution in [2.24, 2.45) is 5.92 Å². The van der Waals surface area contributed by atoms with Crippen molar-refractivity contribution in [3.05, 3.63) is 0 Å². The highest BCUT2D eigenvalue weighted by Gasteiger charge is 2.42. The maximum absolute atomic E-state index is 12.7. The molecule has 0 spiro atoms. The van der Waals surface area contributed by atoms with E-state index in [2.05, 4.69) is 15.1 Å². The molecule has 3 aliphatic heterocycles. The van der Waals surface area contributed by atoms with Gasteiger partial charge in [-0.25, -0.2) is 0 Å². The largest absolute Gasteiger partial charge is 0.353 e. The monoisotopic (exact) mass is 361 g/mol. The van der Waals surface area contributed by atoms with Crippen molar-refractivity contribution < 1.29 is 9.59 Å². The predicted molar refractivity (Wildman–Crippen MR) is 102 cm³/mol. The minimum Gasteiger partial charge on any atom is -0.353 e. The van der Waals surface area contributed by atoms with Crippen molar-refractivity contribution in [2.75, 3.05) is 19.6 Å². The third kappa shape index (κ3) is 4.08. The van der Waals surface area contributed by atoms with Crippen LogP contribution in [0, 0.1) is 5.92 Å². The molecule has 5 nitrogen and oxygen atoms in total. The average Bonchev–Trinajstić information content (AvgIpc) is 2.91. The van der Waals surface area contributed by atoms with E-state index < -0.39 is 0 Å². The molecule has 1 unspecified atom stereocenters. The first-order valence-corrected chi connectivity index (χ1v) is 11.0. The topological polar surface area (TPSA) is 52.7 Å². The first-order valence-electron chi connectivity index (χ1n) is 11.0. The van der Waals surface area contributed by atoms with E-state index in [1.165, 1.54) is 38.5 Å². The molecule has 3 atom stereocenters. The number of nitrogens with zero attached hydrogens (tertiary/aromatic N) is 2. The van der Waals surface area contributed by atoms with Gasteiger partial charge in [0.25, 0.3) is 0 Å².